The smallest absolute Gasteiger partial charge is 0.352 e. The highest BCUT2D eigenvalue weighted by Crippen LogP contribution is 2.28. The van der Waals surface area contributed by atoms with Gasteiger partial charge in [0.05, 0.1) is 12.7 Å². The van der Waals surface area contributed by atoms with Crippen LogP contribution < -0.4 is 11.2 Å². The van der Waals surface area contributed by atoms with E-state index in [-0.39, 0.29) is 13.0 Å². The minimum Gasteiger partial charge on any atom is -0.477 e. The molecule has 0 saturated carbocycles. The Hall–Kier alpha value is -1.97. The number of aliphatic hydroxyl groups excluding tert-OH is 2. The maximum absolute atomic E-state index is 11.7. The summed E-state index contributed by atoms with van der Waals surface area (Å²) in [6, 6.07) is 0.728. The number of H-pyrrole nitrogens is 1. The largest absolute Gasteiger partial charge is 0.477 e. The first kappa shape index (κ1) is 13.5. The van der Waals surface area contributed by atoms with Crippen LogP contribution in [0.5, 0.6) is 0 Å². The molecule has 1 saturated heterocycles. The van der Waals surface area contributed by atoms with E-state index < -0.39 is 41.3 Å². The van der Waals surface area contributed by atoms with Crippen LogP contribution in [0, 0.1) is 0 Å². The fraction of sp³-hybridized carbons (Fsp3) is 0.500. The Kier molecular flexibility index (Phi) is 3.51. The molecular formula is C10H12N2O7. The zero-order chi connectivity index (χ0) is 14.2. The summed E-state index contributed by atoms with van der Waals surface area (Å²) in [4.78, 5) is 35.7. The molecule has 19 heavy (non-hydrogen) atoms. The van der Waals surface area contributed by atoms with Crippen LogP contribution in [0.2, 0.25) is 0 Å². The second-order valence-electron chi connectivity index (χ2n) is 4.13. The molecular weight excluding hydrogens is 260 g/mol. The van der Waals surface area contributed by atoms with Crippen molar-refractivity contribution in [3.63, 3.8) is 0 Å². The van der Waals surface area contributed by atoms with Crippen LogP contribution in [0.1, 0.15) is 23.1 Å². The number of aromatic amines is 1. The number of ether oxygens (including phenoxy) is 1. The lowest BCUT2D eigenvalue weighted by Crippen LogP contribution is -2.39. The molecule has 3 atom stereocenters. The van der Waals surface area contributed by atoms with Crippen molar-refractivity contribution in [1.29, 1.82) is 0 Å². The average molecular weight is 272 g/mol. The quantitative estimate of drug-likeness (QED) is 0.492. The molecule has 2 heterocycles. The molecule has 0 bridgehead atoms. The zero-order valence-corrected chi connectivity index (χ0v) is 9.65. The molecule has 0 aliphatic carbocycles. The Labute approximate surface area is 105 Å². The van der Waals surface area contributed by atoms with Crippen molar-refractivity contribution in [2.75, 3.05) is 6.61 Å². The fourth-order valence-corrected chi connectivity index (χ4v) is 2.00. The molecule has 1 aliphatic heterocycles. The van der Waals surface area contributed by atoms with Gasteiger partial charge in [-0.3, -0.25) is 14.3 Å². The van der Waals surface area contributed by atoms with Crippen molar-refractivity contribution in [2.45, 2.75) is 24.9 Å². The van der Waals surface area contributed by atoms with Crippen LogP contribution in [0.15, 0.2) is 15.7 Å². The van der Waals surface area contributed by atoms with Crippen molar-refractivity contribution >= 4 is 5.97 Å². The normalized spacial score (nSPS) is 26.5. The molecule has 0 aromatic carbocycles. The third-order valence-corrected chi connectivity index (χ3v) is 2.82. The molecule has 104 valence electrons. The van der Waals surface area contributed by atoms with Gasteiger partial charge in [0, 0.05) is 12.5 Å². The van der Waals surface area contributed by atoms with E-state index >= 15 is 0 Å². The van der Waals surface area contributed by atoms with E-state index in [9.17, 15) is 19.5 Å². The monoisotopic (exact) mass is 272 g/mol. The number of aromatic carboxylic acids is 1. The molecule has 0 radical (unpaired) electrons. The lowest BCUT2D eigenvalue weighted by Gasteiger charge is -2.19. The average Bonchev–Trinajstić information content (AvgIpc) is 2.69. The Balaban J connectivity index is 2.53. The number of carboxylic acid groups (broad SMARTS) is 1. The number of hydrogen-bond acceptors (Lipinski definition) is 6. The molecule has 1 aliphatic rings. The SMILES string of the molecule is O=C(O)c1cc(=O)[nH]c(=O)n1[C@@H]1O[C@H](CO)C[C@H]1O. The molecule has 1 aromatic rings. The molecule has 0 spiro atoms. The molecule has 0 amide bonds. The van der Waals surface area contributed by atoms with Gasteiger partial charge in [0.1, 0.15) is 11.8 Å². The second-order valence-corrected chi connectivity index (χ2v) is 4.13. The molecule has 0 unspecified atom stereocenters. The standard InChI is InChI=1S/C10H12N2O7/c13-3-4-1-6(14)8(19-4)12-5(9(16)17)2-7(15)11-10(12)18/h2,4,6,8,13-14H,1,3H2,(H,16,17)(H,11,15,18)/t4-,6+,8+/m0/s1. The summed E-state index contributed by atoms with van der Waals surface area (Å²) in [5, 5.41) is 27.7. The van der Waals surface area contributed by atoms with E-state index in [4.69, 9.17) is 14.9 Å². The van der Waals surface area contributed by atoms with Crippen LogP contribution in [0.25, 0.3) is 0 Å². The maximum Gasteiger partial charge on any atom is 0.352 e. The van der Waals surface area contributed by atoms with E-state index in [0.29, 0.717) is 4.57 Å². The topological polar surface area (TPSA) is 142 Å². The van der Waals surface area contributed by atoms with Gasteiger partial charge in [0.25, 0.3) is 5.56 Å². The fourth-order valence-electron chi connectivity index (χ4n) is 2.00. The third-order valence-electron chi connectivity index (χ3n) is 2.82. The minimum absolute atomic E-state index is 0.0613. The van der Waals surface area contributed by atoms with Crippen molar-refractivity contribution in [2.24, 2.45) is 0 Å². The maximum atomic E-state index is 11.7. The highest BCUT2D eigenvalue weighted by atomic mass is 16.5. The summed E-state index contributed by atoms with van der Waals surface area (Å²) < 4.78 is 5.85. The number of rotatable bonds is 3. The number of nitrogens with one attached hydrogen (secondary N) is 1. The number of hydrogen-bond donors (Lipinski definition) is 4. The Bertz CT molecular complexity index is 605. The molecule has 1 aromatic heterocycles. The molecule has 1 fully saturated rings. The Morgan fingerprint density at radius 1 is 1.53 bits per heavy atom. The lowest BCUT2D eigenvalue weighted by atomic mass is 10.2. The third kappa shape index (κ3) is 2.43. The lowest BCUT2D eigenvalue weighted by molar-refractivity contribution is -0.0544. The second kappa shape index (κ2) is 4.96. The van der Waals surface area contributed by atoms with Gasteiger partial charge in [-0.1, -0.05) is 0 Å². The van der Waals surface area contributed by atoms with Gasteiger partial charge in [-0.2, -0.15) is 0 Å². The van der Waals surface area contributed by atoms with Crippen molar-refractivity contribution in [1.82, 2.24) is 9.55 Å². The van der Waals surface area contributed by atoms with Crippen LogP contribution in [-0.4, -0.2) is 49.7 Å². The first-order valence-electron chi connectivity index (χ1n) is 5.47. The van der Waals surface area contributed by atoms with E-state index in [1.165, 1.54) is 0 Å². The summed E-state index contributed by atoms with van der Waals surface area (Å²) in [5.74, 6) is -1.49. The van der Waals surface area contributed by atoms with Crippen LogP contribution in [0.4, 0.5) is 0 Å². The minimum atomic E-state index is -1.49. The molecule has 9 heteroatoms. The van der Waals surface area contributed by atoms with Crippen molar-refractivity contribution in [3.05, 3.63) is 32.6 Å². The van der Waals surface area contributed by atoms with Gasteiger partial charge in [0.2, 0.25) is 0 Å². The van der Waals surface area contributed by atoms with Crippen LogP contribution in [0.3, 0.4) is 0 Å². The van der Waals surface area contributed by atoms with E-state index in [0.717, 1.165) is 6.07 Å². The van der Waals surface area contributed by atoms with Gasteiger partial charge >= 0.3 is 11.7 Å². The number of carboxylic acids is 1. The van der Waals surface area contributed by atoms with Gasteiger partial charge in [-0.15, -0.1) is 0 Å². The van der Waals surface area contributed by atoms with Crippen LogP contribution >= 0.6 is 0 Å². The van der Waals surface area contributed by atoms with Gasteiger partial charge in [-0.25, -0.2) is 9.59 Å². The zero-order valence-electron chi connectivity index (χ0n) is 9.65. The number of aromatic nitrogens is 2. The number of aliphatic hydroxyl groups is 2. The molecule has 4 N–H and O–H groups in total. The summed E-state index contributed by atoms with van der Waals surface area (Å²) in [7, 11) is 0. The number of nitrogens with zero attached hydrogens (tertiary/aromatic N) is 1. The summed E-state index contributed by atoms with van der Waals surface area (Å²) in [6.07, 6.45) is -3.04. The predicted molar refractivity (Wildman–Crippen MR) is 59.9 cm³/mol. The van der Waals surface area contributed by atoms with Crippen molar-refractivity contribution < 1.29 is 24.9 Å². The van der Waals surface area contributed by atoms with E-state index in [2.05, 4.69) is 0 Å². The summed E-state index contributed by atoms with van der Waals surface area (Å²) >= 11 is 0. The first-order valence-corrected chi connectivity index (χ1v) is 5.47. The first-order chi connectivity index (χ1) is 8.93. The molecule has 2 rings (SSSR count). The summed E-state index contributed by atoms with van der Waals surface area (Å²) in [5.41, 5.74) is -2.44. The predicted octanol–water partition coefficient (Wildman–Crippen LogP) is -2.12. The van der Waals surface area contributed by atoms with Gasteiger partial charge in [-0.05, 0) is 0 Å². The Morgan fingerprint density at radius 3 is 2.74 bits per heavy atom. The van der Waals surface area contributed by atoms with Gasteiger partial charge < -0.3 is 20.1 Å². The Morgan fingerprint density at radius 2 is 2.21 bits per heavy atom. The van der Waals surface area contributed by atoms with E-state index in [1.807, 2.05) is 4.98 Å². The summed E-state index contributed by atoms with van der Waals surface area (Å²) in [6.45, 7) is -0.367. The highest BCUT2D eigenvalue weighted by Gasteiger charge is 2.37. The molecule has 9 nitrogen and oxygen atoms in total. The highest BCUT2D eigenvalue weighted by molar-refractivity contribution is 5.85. The van der Waals surface area contributed by atoms with Gasteiger partial charge in [0.15, 0.2) is 6.23 Å². The van der Waals surface area contributed by atoms with Crippen molar-refractivity contribution in [3.8, 4) is 0 Å². The van der Waals surface area contributed by atoms with Crippen LogP contribution in [-0.2, 0) is 4.74 Å². The van der Waals surface area contributed by atoms with E-state index in [1.54, 1.807) is 0 Å². The number of carbonyl (C=O) groups is 1.